The minimum atomic E-state index is -1.47. The number of fused-ring (bicyclic) bond motifs is 1. The maximum atomic E-state index is 9.09. The first-order valence-corrected chi connectivity index (χ1v) is 5.72. The van der Waals surface area contributed by atoms with E-state index in [9.17, 15) is 0 Å². The van der Waals surface area contributed by atoms with Gasteiger partial charge in [-0.25, -0.2) is 0 Å². The Morgan fingerprint density at radius 2 is 2.00 bits per heavy atom. The maximum Gasteiger partial charge on any atom is 0.488 e. The second-order valence-electron chi connectivity index (χ2n) is 3.66. The lowest BCUT2D eigenvalue weighted by Gasteiger charge is -2.09. The first-order valence-electron chi connectivity index (χ1n) is 5.34. The normalized spacial score (nSPS) is 10.6. The molecule has 0 radical (unpaired) electrons. The lowest BCUT2D eigenvalue weighted by atomic mass is 9.79. The van der Waals surface area contributed by atoms with Crippen LogP contribution in [0.15, 0.2) is 30.3 Å². The molecule has 0 aliphatic rings. The van der Waals surface area contributed by atoms with Gasteiger partial charge in [0.25, 0.3) is 0 Å². The van der Waals surface area contributed by atoms with Gasteiger partial charge in [0.05, 0.1) is 11.6 Å². The first kappa shape index (κ1) is 12.2. The van der Waals surface area contributed by atoms with E-state index in [1.165, 1.54) is 0 Å². The zero-order chi connectivity index (χ0) is 12.4. The molecule has 0 aromatic heterocycles. The van der Waals surface area contributed by atoms with Crippen LogP contribution in [-0.2, 0) is 0 Å². The van der Waals surface area contributed by atoms with Crippen molar-refractivity contribution in [2.24, 2.45) is 0 Å². The summed E-state index contributed by atoms with van der Waals surface area (Å²) in [5.74, 6) is 0.638. The van der Waals surface area contributed by atoms with Gasteiger partial charge >= 0.3 is 7.12 Å². The van der Waals surface area contributed by atoms with E-state index in [0.717, 1.165) is 10.8 Å². The van der Waals surface area contributed by atoms with Crippen molar-refractivity contribution in [1.29, 1.82) is 0 Å². The molecule has 17 heavy (non-hydrogen) atoms. The average Bonchev–Trinajstić information content (AvgIpc) is 2.32. The highest BCUT2D eigenvalue weighted by Crippen LogP contribution is 2.32. The van der Waals surface area contributed by atoms with Crippen molar-refractivity contribution in [1.82, 2.24) is 0 Å². The zero-order valence-electron chi connectivity index (χ0n) is 9.35. The largest absolute Gasteiger partial charge is 0.492 e. The molecule has 0 atom stereocenters. The predicted molar refractivity (Wildman–Crippen MR) is 70.0 cm³/mol. The summed E-state index contributed by atoms with van der Waals surface area (Å²) in [4.78, 5) is 0. The predicted octanol–water partition coefficient (Wildman–Crippen LogP) is 1.57. The number of ether oxygens (including phenoxy) is 1. The second kappa shape index (κ2) is 4.96. The molecule has 2 N–H and O–H groups in total. The summed E-state index contributed by atoms with van der Waals surface area (Å²) in [5.41, 5.74) is 0.442. The van der Waals surface area contributed by atoms with Crippen molar-refractivity contribution in [2.75, 3.05) is 6.61 Å². The third kappa shape index (κ3) is 2.39. The van der Waals surface area contributed by atoms with Crippen LogP contribution in [0.5, 0.6) is 5.75 Å². The molecule has 2 aromatic rings. The smallest absolute Gasteiger partial charge is 0.488 e. The van der Waals surface area contributed by atoms with Crippen molar-refractivity contribution in [3.8, 4) is 5.75 Å². The summed E-state index contributed by atoms with van der Waals surface area (Å²) in [7, 11) is -1.47. The summed E-state index contributed by atoms with van der Waals surface area (Å²) in [6.45, 7) is 2.45. The van der Waals surface area contributed by atoms with Gasteiger partial charge in [0.1, 0.15) is 5.75 Å². The molecule has 0 unspecified atom stereocenters. The van der Waals surface area contributed by atoms with E-state index in [4.69, 9.17) is 26.4 Å². The minimum Gasteiger partial charge on any atom is -0.492 e. The maximum absolute atomic E-state index is 9.09. The van der Waals surface area contributed by atoms with Gasteiger partial charge in [-0.05, 0) is 23.8 Å². The van der Waals surface area contributed by atoms with E-state index in [0.29, 0.717) is 22.8 Å². The van der Waals surface area contributed by atoms with E-state index < -0.39 is 7.12 Å². The number of benzene rings is 2. The Morgan fingerprint density at radius 3 is 2.65 bits per heavy atom. The SMILES string of the molecule is CCOc1ccc2cc(B(O)O)ccc2c1Cl. The van der Waals surface area contributed by atoms with Crippen LogP contribution < -0.4 is 10.2 Å². The quantitative estimate of drug-likeness (QED) is 0.813. The third-order valence-electron chi connectivity index (χ3n) is 2.54. The molecule has 0 amide bonds. The Bertz CT molecular complexity index is 543. The molecule has 2 rings (SSSR count). The van der Waals surface area contributed by atoms with E-state index in [-0.39, 0.29) is 0 Å². The summed E-state index contributed by atoms with van der Waals surface area (Å²) in [6.07, 6.45) is 0. The Balaban J connectivity index is 2.56. The molecule has 0 fully saturated rings. The number of rotatable bonds is 3. The van der Waals surface area contributed by atoms with Crippen molar-refractivity contribution < 1.29 is 14.8 Å². The molecule has 5 heteroatoms. The molecular formula is C12H12BClO3. The van der Waals surface area contributed by atoms with Crippen LogP contribution in [0.25, 0.3) is 10.8 Å². The van der Waals surface area contributed by atoms with Crippen LogP contribution in [0, 0.1) is 0 Å². The molecule has 0 heterocycles. The van der Waals surface area contributed by atoms with Gasteiger partial charge in [-0.15, -0.1) is 0 Å². The molecule has 0 aliphatic heterocycles. The number of halogens is 1. The molecule has 88 valence electrons. The molecule has 3 nitrogen and oxygen atoms in total. The average molecular weight is 250 g/mol. The first-order chi connectivity index (χ1) is 8.13. The highest BCUT2D eigenvalue weighted by atomic mass is 35.5. The van der Waals surface area contributed by atoms with Crippen LogP contribution >= 0.6 is 11.6 Å². The lowest BCUT2D eigenvalue weighted by molar-refractivity contribution is 0.341. The Labute approximate surface area is 105 Å². The van der Waals surface area contributed by atoms with Crippen molar-refractivity contribution in [3.63, 3.8) is 0 Å². The van der Waals surface area contributed by atoms with Crippen molar-refractivity contribution in [3.05, 3.63) is 35.4 Å². The van der Waals surface area contributed by atoms with Gasteiger partial charge in [0.2, 0.25) is 0 Å². The lowest BCUT2D eigenvalue weighted by Crippen LogP contribution is -2.29. The fourth-order valence-electron chi connectivity index (χ4n) is 1.72. The van der Waals surface area contributed by atoms with Gasteiger partial charge in [-0.3, -0.25) is 0 Å². The highest BCUT2D eigenvalue weighted by Gasteiger charge is 2.13. The van der Waals surface area contributed by atoms with E-state index in [2.05, 4.69) is 0 Å². The fourth-order valence-corrected chi connectivity index (χ4v) is 2.01. The van der Waals surface area contributed by atoms with Crippen LogP contribution in [0.3, 0.4) is 0 Å². The third-order valence-corrected chi connectivity index (χ3v) is 2.93. The summed E-state index contributed by atoms with van der Waals surface area (Å²) >= 11 is 6.20. The summed E-state index contributed by atoms with van der Waals surface area (Å²) in [5, 5.41) is 20.4. The van der Waals surface area contributed by atoms with Crippen LogP contribution in [0.4, 0.5) is 0 Å². The van der Waals surface area contributed by atoms with Gasteiger partial charge in [0.15, 0.2) is 0 Å². The standard InChI is InChI=1S/C12H12BClO3/c1-2-17-11-6-3-8-7-9(13(15)16)4-5-10(8)12(11)14/h3-7,15-16H,2H2,1H3. The zero-order valence-corrected chi connectivity index (χ0v) is 10.1. The van der Waals surface area contributed by atoms with Crippen LogP contribution in [0.1, 0.15) is 6.92 Å². The Morgan fingerprint density at radius 1 is 1.24 bits per heavy atom. The monoisotopic (exact) mass is 250 g/mol. The summed E-state index contributed by atoms with van der Waals surface area (Å²) < 4.78 is 5.39. The van der Waals surface area contributed by atoms with Gasteiger partial charge in [-0.2, -0.15) is 0 Å². The Hall–Kier alpha value is -1.23. The molecule has 0 saturated heterocycles. The highest BCUT2D eigenvalue weighted by molar-refractivity contribution is 6.59. The molecule has 2 aromatic carbocycles. The molecule has 0 saturated carbocycles. The van der Waals surface area contributed by atoms with Crippen molar-refractivity contribution in [2.45, 2.75) is 6.92 Å². The van der Waals surface area contributed by atoms with Gasteiger partial charge in [0, 0.05) is 5.39 Å². The van der Waals surface area contributed by atoms with Gasteiger partial charge in [-0.1, -0.05) is 35.9 Å². The topological polar surface area (TPSA) is 49.7 Å². The molecule has 0 spiro atoms. The molecular weight excluding hydrogens is 238 g/mol. The minimum absolute atomic E-state index is 0.442. The van der Waals surface area contributed by atoms with E-state index in [1.807, 2.05) is 13.0 Å². The second-order valence-corrected chi connectivity index (χ2v) is 4.04. The van der Waals surface area contributed by atoms with E-state index in [1.54, 1.807) is 24.3 Å². The van der Waals surface area contributed by atoms with Crippen LogP contribution in [-0.4, -0.2) is 23.8 Å². The molecule has 0 bridgehead atoms. The number of hydrogen-bond acceptors (Lipinski definition) is 3. The summed E-state index contributed by atoms with van der Waals surface area (Å²) in [6, 6.07) is 8.71. The van der Waals surface area contributed by atoms with Crippen molar-refractivity contribution >= 4 is 35.0 Å². The number of hydrogen-bond donors (Lipinski definition) is 2. The van der Waals surface area contributed by atoms with Gasteiger partial charge < -0.3 is 14.8 Å². The van der Waals surface area contributed by atoms with E-state index >= 15 is 0 Å². The fraction of sp³-hybridized carbons (Fsp3) is 0.167. The Kier molecular flexibility index (Phi) is 3.57. The van der Waals surface area contributed by atoms with Crippen LogP contribution in [0.2, 0.25) is 5.02 Å². The molecule has 0 aliphatic carbocycles.